The van der Waals surface area contributed by atoms with E-state index >= 15 is 0 Å². The first kappa shape index (κ1) is 17.0. The Kier molecular flexibility index (Phi) is 4.31. The van der Waals surface area contributed by atoms with E-state index < -0.39 is 10.8 Å². The lowest BCUT2D eigenvalue weighted by atomic mass is 10.1. The molecule has 1 amide bonds. The summed E-state index contributed by atoms with van der Waals surface area (Å²) < 4.78 is 1.41. The number of benzene rings is 1. The molecule has 0 aliphatic rings. The van der Waals surface area contributed by atoms with Gasteiger partial charge >= 0.3 is 0 Å². The third kappa shape index (κ3) is 3.20. The van der Waals surface area contributed by atoms with Crippen LogP contribution in [0.4, 0.5) is 11.4 Å². The molecular formula is C16H14N6O4. The summed E-state index contributed by atoms with van der Waals surface area (Å²) in [6, 6.07) is 7.23. The number of hydrogen-bond donors (Lipinski definition) is 2. The van der Waals surface area contributed by atoms with Crippen LogP contribution in [-0.4, -0.2) is 30.8 Å². The Morgan fingerprint density at radius 3 is 2.69 bits per heavy atom. The van der Waals surface area contributed by atoms with Gasteiger partial charge in [0.25, 0.3) is 17.2 Å². The van der Waals surface area contributed by atoms with Gasteiger partial charge in [0.2, 0.25) is 0 Å². The van der Waals surface area contributed by atoms with Crippen LogP contribution in [0, 0.1) is 24.0 Å². The lowest BCUT2D eigenvalue weighted by molar-refractivity contribution is -0.385. The van der Waals surface area contributed by atoms with Gasteiger partial charge in [-0.2, -0.15) is 10.2 Å². The van der Waals surface area contributed by atoms with Crippen LogP contribution in [0.2, 0.25) is 0 Å². The van der Waals surface area contributed by atoms with Gasteiger partial charge in [0.15, 0.2) is 5.82 Å². The van der Waals surface area contributed by atoms with E-state index in [2.05, 4.69) is 20.6 Å². The number of nitro groups is 1. The van der Waals surface area contributed by atoms with Crippen LogP contribution in [0.1, 0.15) is 21.6 Å². The van der Waals surface area contributed by atoms with Crippen molar-refractivity contribution in [1.82, 2.24) is 20.0 Å². The highest BCUT2D eigenvalue weighted by molar-refractivity contribution is 6.05. The van der Waals surface area contributed by atoms with Gasteiger partial charge in [-0.25, -0.2) is 9.78 Å². The molecular weight excluding hydrogens is 340 g/mol. The summed E-state index contributed by atoms with van der Waals surface area (Å²) in [6.07, 6.45) is 1.36. The van der Waals surface area contributed by atoms with E-state index in [4.69, 9.17) is 0 Å². The van der Waals surface area contributed by atoms with E-state index in [-0.39, 0.29) is 16.8 Å². The Balaban J connectivity index is 1.87. The Morgan fingerprint density at radius 1 is 1.27 bits per heavy atom. The Labute approximate surface area is 146 Å². The quantitative estimate of drug-likeness (QED) is 0.541. The van der Waals surface area contributed by atoms with Gasteiger partial charge in [-0.1, -0.05) is 6.07 Å². The van der Waals surface area contributed by atoms with Crippen LogP contribution in [0.3, 0.4) is 0 Å². The molecule has 0 spiro atoms. The summed E-state index contributed by atoms with van der Waals surface area (Å²) in [6.45, 7) is 3.29. The van der Waals surface area contributed by atoms with Crippen molar-refractivity contribution in [1.29, 1.82) is 0 Å². The van der Waals surface area contributed by atoms with Crippen molar-refractivity contribution >= 4 is 17.3 Å². The molecule has 3 aromatic rings. The van der Waals surface area contributed by atoms with E-state index in [9.17, 15) is 19.7 Å². The molecule has 0 saturated heterocycles. The molecule has 10 nitrogen and oxygen atoms in total. The molecule has 132 valence electrons. The number of carbonyl (C=O) groups excluding carboxylic acids is 1. The fourth-order valence-electron chi connectivity index (χ4n) is 2.40. The number of H-pyrrole nitrogens is 1. The standard InChI is InChI=1S/C16H14N6O4/c1-9-3-4-11(7-13(9)22(25)26)18-16(24)12-8-17-21(10(12)2)14-5-6-15(23)20-19-14/h3-8H,1-2H3,(H,18,24)(H,20,23). The van der Waals surface area contributed by atoms with Crippen LogP contribution >= 0.6 is 0 Å². The fourth-order valence-corrected chi connectivity index (χ4v) is 2.40. The summed E-state index contributed by atoms with van der Waals surface area (Å²) >= 11 is 0. The van der Waals surface area contributed by atoms with Gasteiger partial charge in [0.1, 0.15) is 0 Å². The van der Waals surface area contributed by atoms with Crippen molar-refractivity contribution in [2.45, 2.75) is 13.8 Å². The average molecular weight is 354 g/mol. The smallest absolute Gasteiger partial charge is 0.274 e. The van der Waals surface area contributed by atoms with Crippen molar-refractivity contribution in [3.63, 3.8) is 0 Å². The first-order valence-electron chi connectivity index (χ1n) is 7.54. The third-order valence-corrected chi connectivity index (χ3v) is 3.80. The fraction of sp³-hybridized carbons (Fsp3) is 0.125. The zero-order valence-electron chi connectivity index (χ0n) is 13.9. The maximum atomic E-state index is 12.5. The SMILES string of the molecule is Cc1ccc(NC(=O)c2cnn(-c3ccc(=O)[nH]n3)c2C)cc1[N+](=O)[O-]. The van der Waals surface area contributed by atoms with Crippen molar-refractivity contribution in [2.24, 2.45) is 0 Å². The second-order valence-corrected chi connectivity index (χ2v) is 5.55. The topological polar surface area (TPSA) is 136 Å². The summed E-state index contributed by atoms with van der Waals surface area (Å²) in [5.41, 5.74) is 1.16. The number of carbonyl (C=O) groups is 1. The highest BCUT2D eigenvalue weighted by atomic mass is 16.6. The number of aryl methyl sites for hydroxylation is 1. The van der Waals surface area contributed by atoms with Crippen LogP contribution in [0.5, 0.6) is 0 Å². The number of amides is 1. The van der Waals surface area contributed by atoms with Crippen molar-refractivity contribution < 1.29 is 9.72 Å². The maximum absolute atomic E-state index is 12.5. The van der Waals surface area contributed by atoms with E-state index in [0.29, 0.717) is 22.8 Å². The van der Waals surface area contributed by atoms with Gasteiger partial charge < -0.3 is 5.32 Å². The van der Waals surface area contributed by atoms with Gasteiger partial charge in [-0.05, 0) is 26.0 Å². The molecule has 3 rings (SSSR count). The van der Waals surface area contributed by atoms with Crippen LogP contribution in [-0.2, 0) is 0 Å². The second-order valence-electron chi connectivity index (χ2n) is 5.55. The molecule has 0 bridgehead atoms. The molecule has 1 aromatic carbocycles. The molecule has 0 aliphatic heterocycles. The molecule has 0 fully saturated rings. The zero-order chi connectivity index (χ0) is 18.8. The van der Waals surface area contributed by atoms with E-state index in [1.54, 1.807) is 26.0 Å². The van der Waals surface area contributed by atoms with Crippen molar-refractivity contribution in [2.75, 3.05) is 5.32 Å². The van der Waals surface area contributed by atoms with Crippen molar-refractivity contribution in [3.8, 4) is 5.82 Å². The molecule has 0 atom stereocenters. The summed E-state index contributed by atoms with van der Waals surface area (Å²) in [4.78, 5) is 34.1. The summed E-state index contributed by atoms with van der Waals surface area (Å²) in [5, 5.41) is 23.9. The molecule has 0 saturated carbocycles. The Morgan fingerprint density at radius 2 is 2.04 bits per heavy atom. The number of nitrogens with one attached hydrogen (secondary N) is 2. The first-order valence-corrected chi connectivity index (χ1v) is 7.54. The molecule has 0 unspecified atom stereocenters. The minimum atomic E-state index is -0.504. The highest BCUT2D eigenvalue weighted by Gasteiger charge is 2.18. The first-order chi connectivity index (χ1) is 12.4. The highest BCUT2D eigenvalue weighted by Crippen LogP contribution is 2.23. The Bertz CT molecular complexity index is 1050. The molecule has 2 N–H and O–H groups in total. The van der Waals surface area contributed by atoms with Gasteiger partial charge in [-0.15, -0.1) is 0 Å². The van der Waals surface area contributed by atoms with Crippen LogP contribution < -0.4 is 10.9 Å². The Hall–Kier alpha value is -3.82. The number of anilines is 1. The number of aromatic amines is 1. The van der Waals surface area contributed by atoms with Gasteiger partial charge in [-0.3, -0.25) is 19.7 Å². The molecule has 2 heterocycles. The van der Waals surface area contributed by atoms with E-state index in [1.165, 1.54) is 29.1 Å². The van der Waals surface area contributed by atoms with Gasteiger partial charge in [0.05, 0.1) is 22.4 Å². The minimum absolute atomic E-state index is 0.0762. The number of nitro benzene ring substituents is 1. The third-order valence-electron chi connectivity index (χ3n) is 3.80. The minimum Gasteiger partial charge on any atom is -0.322 e. The largest absolute Gasteiger partial charge is 0.322 e. The molecule has 0 radical (unpaired) electrons. The summed E-state index contributed by atoms with van der Waals surface area (Å²) in [5.74, 6) is -0.108. The lowest BCUT2D eigenvalue weighted by Crippen LogP contribution is -2.14. The number of nitrogens with zero attached hydrogens (tertiary/aromatic N) is 4. The monoisotopic (exact) mass is 354 g/mol. The second kappa shape index (κ2) is 6.59. The lowest BCUT2D eigenvalue weighted by Gasteiger charge is -2.06. The van der Waals surface area contributed by atoms with E-state index in [1.807, 2.05) is 0 Å². The number of rotatable bonds is 4. The van der Waals surface area contributed by atoms with Crippen LogP contribution in [0.15, 0.2) is 41.3 Å². The predicted octanol–water partition coefficient (Wildman–Crippen LogP) is 1.73. The van der Waals surface area contributed by atoms with Crippen LogP contribution in [0.25, 0.3) is 5.82 Å². The zero-order valence-corrected chi connectivity index (χ0v) is 13.9. The molecule has 26 heavy (non-hydrogen) atoms. The molecule has 2 aromatic heterocycles. The normalized spacial score (nSPS) is 10.5. The number of hydrogen-bond acceptors (Lipinski definition) is 6. The molecule has 10 heteroatoms. The van der Waals surface area contributed by atoms with Crippen molar-refractivity contribution in [3.05, 3.63) is 73.8 Å². The molecule has 0 aliphatic carbocycles. The maximum Gasteiger partial charge on any atom is 0.274 e. The summed E-state index contributed by atoms with van der Waals surface area (Å²) in [7, 11) is 0. The van der Waals surface area contributed by atoms with E-state index in [0.717, 1.165) is 0 Å². The van der Waals surface area contributed by atoms with Gasteiger partial charge in [0, 0.05) is 23.4 Å². The average Bonchev–Trinajstić information content (AvgIpc) is 2.98. The predicted molar refractivity (Wildman–Crippen MR) is 92.5 cm³/mol. The number of aromatic nitrogens is 4.